The molecule has 1 aliphatic carbocycles. The van der Waals surface area contributed by atoms with Gasteiger partial charge in [-0.3, -0.25) is 18.6 Å². The van der Waals surface area contributed by atoms with E-state index in [4.69, 9.17) is 0 Å². The van der Waals surface area contributed by atoms with Crippen molar-refractivity contribution < 1.29 is 4.79 Å². The van der Waals surface area contributed by atoms with Crippen LogP contribution in [-0.2, 0) is 11.3 Å². The summed E-state index contributed by atoms with van der Waals surface area (Å²) in [7, 11) is 1.92. The lowest BCUT2D eigenvalue weighted by Crippen LogP contribution is -2.42. The van der Waals surface area contributed by atoms with Crippen molar-refractivity contribution in [3.8, 4) is 0 Å². The molecule has 2 aromatic carbocycles. The molecule has 34 heavy (non-hydrogen) atoms. The van der Waals surface area contributed by atoms with Crippen molar-refractivity contribution in [1.29, 1.82) is 0 Å². The summed E-state index contributed by atoms with van der Waals surface area (Å²) in [5, 5.41) is 9.74. The van der Waals surface area contributed by atoms with Crippen LogP contribution in [0.1, 0.15) is 44.6 Å². The van der Waals surface area contributed by atoms with Gasteiger partial charge in [0.05, 0.1) is 22.7 Å². The van der Waals surface area contributed by atoms with Gasteiger partial charge in [-0.2, -0.15) is 0 Å². The lowest BCUT2D eigenvalue weighted by Gasteiger charge is -2.32. The molecule has 4 aromatic rings. The zero-order valence-electron chi connectivity index (χ0n) is 19.6. The lowest BCUT2D eigenvalue weighted by molar-refractivity contribution is -0.131. The number of rotatable bonds is 6. The standard InChI is InChI=1S/C26H29N5O2S/c1-18(23(32)29(2)20-13-7-4-8-14-20)34-26-28-27-25-30(17-19-11-5-3-6-12-19)24(33)21-15-9-10-16-22(21)31(25)26/h3,5-6,9-12,15-16,18,20H,4,7-8,13-14,17H2,1-2H3. The molecule has 5 rings (SSSR count). The fourth-order valence-electron chi connectivity index (χ4n) is 4.86. The first-order valence-corrected chi connectivity index (χ1v) is 12.8. The van der Waals surface area contributed by atoms with E-state index in [0.717, 1.165) is 23.9 Å². The van der Waals surface area contributed by atoms with Crippen LogP contribution in [0.2, 0.25) is 0 Å². The molecule has 1 saturated carbocycles. The summed E-state index contributed by atoms with van der Waals surface area (Å²) in [5.41, 5.74) is 1.66. The van der Waals surface area contributed by atoms with Gasteiger partial charge in [-0.25, -0.2) is 0 Å². The van der Waals surface area contributed by atoms with E-state index in [-0.39, 0.29) is 16.7 Å². The number of para-hydroxylation sites is 1. The molecule has 0 radical (unpaired) electrons. The second-order valence-corrected chi connectivity index (χ2v) is 10.3. The number of thioether (sulfide) groups is 1. The van der Waals surface area contributed by atoms with Crippen molar-refractivity contribution in [2.24, 2.45) is 0 Å². The number of hydrogen-bond acceptors (Lipinski definition) is 5. The second kappa shape index (κ2) is 9.62. The molecule has 1 fully saturated rings. The number of fused-ring (bicyclic) bond motifs is 3. The summed E-state index contributed by atoms with van der Waals surface area (Å²) < 4.78 is 3.57. The smallest absolute Gasteiger partial charge is 0.263 e. The highest BCUT2D eigenvalue weighted by Gasteiger charge is 2.28. The van der Waals surface area contributed by atoms with E-state index in [1.54, 1.807) is 4.57 Å². The van der Waals surface area contributed by atoms with Crippen LogP contribution in [0.15, 0.2) is 64.5 Å². The fourth-order valence-corrected chi connectivity index (χ4v) is 5.82. The van der Waals surface area contributed by atoms with E-state index in [0.29, 0.717) is 28.9 Å². The van der Waals surface area contributed by atoms with Crippen LogP contribution in [0.25, 0.3) is 16.7 Å². The van der Waals surface area contributed by atoms with Crippen molar-refractivity contribution in [3.05, 3.63) is 70.5 Å². The number of nitrogens with zero attached hydrogens (tertiary/aromatic N) is 5. The predicted octanol–water partition coefficient (Wildman–Crippen LogP) is 4.36. The van der Waals surface area contributed by atoms with E-state index in [1.807, 2.05) is 77.9 Å². The minimum atomic E-state index is -0.312. The summed E-state index contributed by atoms with van der Waals surface area (Å²) in [6.45, 7) is 2.32. The highest BCUT2D eigenvalue weighted by Crippen LogP contribution is 2.28. The first-order valence-electron chi connectivity index (χ1n) is 11.9. The molecule has 8 heteroatoms. The third-order valence-electron chi connectivity index (χ3n) is 6.76. The summed E-state index contributed by atoms with van der Waals surface area (Å²) in [4.78, 5) is 28.5. The molecule has 0 spiro atoms. The molecule has 0 N–H and O–H groups in total. The third-order valence-corrected chi connectivity index (χ3v) is 7.79. The Morgan fingerprint density at radius 1 is 1.06 bits per heavy atom. The molecule has 1 unspecified atom stereocenters. The zero-order chi connectivity index (χ0) is 23.7. The number of aromatic nitrogens is 4. The van der Waals surface area contributed by atoms with E-state index in [1.165, 1.54) is 31.0 Å². The normalized spacial score (nSPS) is 15.6. The van der Waals surface area contributed by atoms with Crippen LogP contribution in [0, 0.1) is 0 Å². The number of carbonyl (C=O) groups is 1. The molecule has 1 amide bonds. The van der Waals surface area contributed by atoms with Gasteiger partial charge in [0.15, 0.2) is 5.16 Å². The molecule has 1 aliphatic rings. The van der Waals surface area contributed by atoms with Gasteiger partial charge >= 0.3 is 0 Å². The Morgan fingerprint density at radius 3 is 2.53 bits per heavy atom. The van der Waals surface area contributed by atoms with Gasteiger partial charge in [-0.05, 0) is 37.5 Å². The Labute approximate surface area is 202 Å². The average molecular weight is 476 g/mol. The van der Waals surface area contributed by atoms with Crippen molar-refractivity contribution in [2.45, 2.75) is 62.0 Å². The summed E-state index contributed by atoms with van der Waals surface area (Å²) in [6.07, 6.45) is 5.77. The van der Waals surface area contributed by atoms with Gasteiger partial charge in [0, 0.05) is 13.1 Å². The van der Waals surface area contributed by atoms with Gasteiger partial charge < -0.3 is 4.90 Å². The Hall–Kier alpha value is -3.13. The third kappa shape index (κ3) is 4.22. The number of amides is 1. The molecule has 0 saturated heterocycles. The number of hydrogen-bond donors (Lipinski definition) is 0. The quantitative estimate of drug-likeness (QED) is 0.388. The second-order valence-electron chi connectivity index (χ2n) is 9.01. The van der Waals surface area contributed by atoms with Crippen molar-refractivity contribution >= 4 is 34.3 Å². The minimum absolute atomic E-state index is 0.0999. The Morgan fingerprint density at radius 2 is 1.76 bits per heavy atom. The maximum Gasteiger partial charge on any atom is 0.263 e. The Bertz CT molecular complexity index is 1370. The van der Waals surface area contributed by atoms with Crippen molar-refractivity contribution in [3.63, 3.8) is 0 Å². The van der Waals surface area contributed by atoms with Gasteiger partial charge in [-0.15, -0.1) is 10.2 Å². The van der Waals surface area contributed by atoms with Crippen LogP contribution in [-0.4, -0.2) is 48.3 Å². The first-order chi connectivity index (χ1) is 16.5. The van der Waals surface area contributed by atoms with Crippen LogP contribution in [0.3, 0.4) is 0 Å². The number of benzene rings is 2. The Balaban J connectivity index is 1.52. The molecule has 7 nitrogen and oxygen atoms in total. The molecular weight excluding hydrogens is 446 g/mol. The highest BCUT2D eigenvalue weighted by molar-refractivity contribution is 8.00. The topological polar surface area (TPSA) is 72.5 Å². The maximum atomic E-state index is 13.4. The lowest BCUT2D eigenvalue weighted by atomic mass is 9.94. The van der Waals surface area contributed by atoms with Crippen LogP contribution in [0.5, 0.6) is 0 Å². The van der Waals surface area contributed by atoms with E-state index in [9.17, 15) is 9.59 Å². The van der Waals surface area contributed by atoms with Gasteiger partial charge in [0.2, 0.25) is 11.7 Å². The number of carbonyl (C=O) groups excluding carboxylic acids is 1. The van der Waals surface area contributed by atoms with Crippen LogP contribution < -0.4 is 5.56 Å². The monoisotopic (exact) mass is 475 g/mol. The van der Waals surface area contributed by atoms with E-state index >= 15 is 0 Å². The summed E-state index contributed by atoms with van der Waals surface area (Å²) in [5.74, 6) is 0.589. The van der Waals surface area contributed by atoms with Crippen molar-refractivity contribution in [1.82, 2.24) is 24.1 Å². The molecule has 0 bridgehead atoms. The molecule has 1 atom stereocenters. The largest absolute Gasteiger partial charge is 0.342 e. The van der Waals surface area contributed by atoms with Crippen LogP contribution in [0.4, 0.5) is 0 Å². The fraction of sp³-hybridized carbons (Fsp3) is 0.385. The molecule has 0 aliphatic heterocycles. The van der Waals surface area contributed by atoms with Gasteiger partial charge in [-0.1, -0.05) is 73.5 Å². The molecular formula is C26H29N5O2S. The maximum absolute atomic E-state index is 13.4. The van der Waals surface area contributed by atoms with Crippen LogP contribution >= 0.6 is 11.8 Å². The molecule has 176 valence electrons. The van der Waals surface area contributed by atoms with Gasteiger partial charge in [0.25, 0.3) is 5.56 Å². The van der Waals surface area contributed by atoms with E-state index < -0.39 is 0 Å². The SMILES string of the molecule is CC(Sc1nnc2n(Cc3ccccc3)c(=O)c3ccccc3n12)C(=O)N(C)C1CCCCC1. The first kappa shape index (κ1) is 22.7. The Kier molecular flexibility index (Phi) is 6.41. The minimum Gasteiger partial charge on any atom is -0.342 e. The molecule has 2 aromatic heterocycles. The predicted molar refractivity (Wildman–Crippen MR) is 135 cm³/mol. The summed E-state index contributed by atoms with van der Waals surface area (Å²) in [6, 6.07) is 17.7. The average Bonchev–Trinajstić information content (AvgIpc) is 3.30. The zero-order valence-corrected chi connectivity index (χ0v) is 20.4. The summed E-state index contributed by atoms with van der Waals surface area (Å²) >= 11 is 1.40. The van der Waals surface area contributed by atoms with E-state index in [2.05, 4.69) is 10.2 Å². The molecule has 2 heterocycles. The van der Waals surface area contributed by atoms with Gasteiger partial charge in [0.1, 0.15) is 0 Å². The van der Waals surface area contributed by atoms with Crippen molar-refractivity contribution in [2.75, 3.05) is 7.05 Å². The highest BCUT2D eigenvalue weighted by atomic mass is 32.2.